The van der Waals surface area contributed by atoms with Gasteiger partial charge in [-0.2, -0.15) is 5.12 Å². The lowest BCUT2D eigenvalue weighted by Crippen LogP contribution is -2.19. The summed E-state index contributed by atoms with van der Waals surface area (Å²) in [5.41, 5.74) is 3.23. The van der Waals surface area contributed by atoms with Gasteiger partial charge in [-0.3, -0.25) is 0 Å². The van der Waals surface area contributed by atoms with Gasteiger partial charge < -0.3 is 4.84 Å². The molecule has 1 aromatic rings. The van der Waals surface area contributed by atoms with Crippen molar-refractivity contribution < 1.29 is 9.32 Å². The second-order valence-corrected chi connectivity index (χ2v) is 3.19. The first-order chi connectivity index (χ1) is 6.74. The van der Waals surface area contributed by atoms with Crippen LogP contribution < -0.4 is 0 Å². The van der Waals surface area contributed by atoms with Crippen LogP contribution in [0.3, 0.4) is 0 Å². The summed E-state index contributed by atoms with van der Waals surface area (Å²) in [6.07, 6.45) is 0.929. The quantitative estimate of drug-likeness (QED) is 0.315. The van der Waals surface area contributed by atoms with Crippen molar-refractivity contribution in [3.8, 4) is 0 Å². The fourth-order valence-electron chi connectivity index (χ4n) is 1.50. The monoisotopic (exact) mass is 194 g/mol. The van der Waals surface area contributed by atoms with E-state index in [0.29, 0.717) is 5.12 Å². The molecule has 0 fully saturated rings. The Hall–Kier alpha value is -1.58. The van der Waals surface area contributed by atoms with E-state index in [2.05, 4.69) is 9.99 Å². The second kappa shape index (κ2) is 3.29. The normalized spacial score (nSPS) is 13.5. The Labute approximate surface area is 81.7 Å². The lowest BCUT2D eigenvalue weighted by Gasteiger charge is -2.09. The number of fused-ring (bicyclic) bond motifs is 1. The summed E-state index contributed by atoms with van der Waals surface area (Å²) in [6.45, 7) is 0. The van der Waals surface area contributed by atoms with Crippen LogP contribution in [0.2, 0.25) is 0 Å². The van der Waals surface area contributed by atoms with Gasteiger partial charge >= 0.3 is 0 Å². The molecule has 2 rings (SSSR count). The number of halogens is 1. The van der Waals surface area contributed by atoms with Crippen molar-refractivity contribution in [1.82, 2.24) is 5.12 Å². The van der Waals surface area contributed by atoms with Gasteiger partial charge in [-0.1, -0.05) is 27.8 Å². The molecule has 0 amide bonds. The van der Waals surface area contributed by atoms with Gasteiger partial charge in [-0.15, -0.1) is 0 Å². The standard InChI is InChI=1S/C10H11FN2O/c1-13(11)10(12-14-2)8-5-3-4-7-6-9(7)8/h3-5H,6H2,1-2H3/b12-10+. The Kier molecular flexibility index (Phi) is 2.11. The van der Waals surface area contributed by atoms with Gasteiger partial charge in [0.25, 0.3) is 0 Å². The number of nitrogens with zero attached hydrogens (tertiary/aromatic N) is 2. The molecule has 0 saturated heterocycles. The van der Waals surface area contributed by atoms with Crippen LogP contribution in [-0.4, -0.2) is 25.1 Å². The minimum absolute atomic E-state index is 0.224. The van der Waals surface area contributed by atoms with E-state index < -0.39 is 0 Å². The smallest absolute Gasteiger partial charge is 0.203 e. The van der Waals surface area contributed by atoms with Crippen LogP contribution in [0.5, 0.6) is 0 Å². The molecule has 14 heavy (non-hydrogen) atoms. The molecular weight excluding hydrogens is 183 g/mol. The summed E-state index contributed by atoms with van der Waals surface area (Å²) in [7, 11) is 2.71. The van der Waals surface area contributed by atoms with E-state index in [0.717, 1.165) is 17.5 Å². The molecule has 1 aliphatic rings. The maximum atomic E-state index is 13.1. The molecule has 0 saturated carbocycles. The highest BCUT2D eigenvalue weighted by Gasteiger charge is 2.25. The average molecular weight is 194 g/mol. The Balaban J connectivity index is 2.38. The van der Waals surface area contributed by atoms with Crippen molar-refractivity contribution in [3.63, 3.8) is 0 Å². The van der Waals surface area contributed by atoms with Gasteiger partial charge in [0.2, 0.25) is 5.84 Å². The van der Waals surface area contributed by atoms with Crippen LogP contribution in [0.1, 0.15) is 16.7 Å². The zero-order valence-corrected chi connectivity index (χ0v) is 8.12. The summed E-state index contributed by atoms with van der Waals surface area (Å²) in [4.78, 5) is 4.60. The van der Waals surface area contributed by atoms with Crippen molar-refractivity contribution in [2.45, 2.75) is 6.42 Å². The number of oxime groups is 1. The van der Waals surface area contributed by atoms with E-state index in [9.17, 15) is 4.48 Å². The highest BCUT2D eigenvalue weighted by atomic mass is 19.2. The van der Waals surface area contributed by atoms with E-state index >= 15 is 0 Å². The van der Waals surface area contributed by atoms with Crippen LogP contribution in [0.25, 0.3) is 0 Å². The highest BCUT2D eigenvalue weighted by Crippen LogP contribution is 2.31. The zero-order chi connectivity index (χ0) is 10.1. The van der Waals surface area contributed by atoms with Crippen LogP contribution in [-0.2, 0) is 11.3 Å². The van der Waals surface area contributed by atoms with Gasteiger partial charge in [0.1, 0.15) is 7.11 Å². The summed E-state index contributed by atoms with van der Waals surface area (Å²) < 4.78 is 13.1. The number of benzene rings is 1. The molecule has 0 radical (unpaired) electrons. The molecule has 3 nitrogen and oxygen atoms in total. The largest absolute Gasteiger partial charge is 0.397 e. The first-order valence-corrected chi connectivity index (χ1v) is 4.36. The van der Waals surface area contributed by atoms with E-state index in [-0.39, 0.29) is 5.84 Å². The molecule has 1 aromatic carbocycles. The minimum Gasteiger partial charge on any atom is -0.397 e. The summed E-state index contributed by atoms with van der Waals surface area (Å²) >= 11 is 0. The fourth-order valence-corrected chi connectivity index (χ4v) is 1.50. The second-order valence-electron chi connectivity index (χ2n) is 3.19. The third kappa shape index (κ3) is 1.43. The zero-order valence-electron chi connectivity index (χ0n) is 8.12. The molecule has 0 atom stereocenters. The third-order valence-electron chi connectivity index (χ3n) is 2.23. The SMILES string of the molecule is CO/N=C(\c1cccc2c1C2)N(C)F. The van der Waals surface area contributed by atoms with E-state index in [1.54, 1.807) is 0 Å². The van der Waals surface area contributed by atoms with Crippen LogP contribution >= 0.6 is 0 Å². The number of hydrogen-bond donors (Lipinski definition) is 0. The van der Waals surface area contributed by atoms with Crippen LogP contribution in [0.15, 0.2) is 23.4 Å². The maximum absolute atomic E-state index is 13.1. The molecule has 0 heterocycles. The Morgan fingerprint density at radius 1 is 1.57 bits per heavy atom. The summed E-state index contributed by atoms with van der Waals surface area (Å²) in [6, 6.07) is 5.77. The van der Waals surface area contributed by atoms with Crippen LogP contribution in [0.4, 0.5) is 4.48 Å². The lowest BCUT2D eigenvalue weighted by molar-refractivity contribution is 0.141. The van der Waals surface area contributed by atoms with Gasteiger partial charge in [0.15, 0.2) is 0 Å². The number of amidine groups is 1. The molecule has 74 valence electrons. The Bertz CT molecular complexity index is 388. The minimum atomic E-state index is 0.224. The van der Waals surface area contributed by atoms with Gasteiger partial charge in [-0.05, 0) is 17.5 Å². The summed E-state index contributed by atoms with van der Waals surface area (Å²) in [5, 5.41) is 4.13. The Morgan fingerprint density at radius 3 is 3.00 bits per heavy atom. The van der Waals surface area contributed by atoms with Gasteiger partial charge in [0.05, 0.1) is 0 Å². The molecule has 1 aliphatic carbocycles. The van der Waals surface area contributed by atoms with Crippen molar-refractivity contribution in [1.29, 1.82) is 0 Å². The van der Waals surface area contributed by atoms with E-state index in [4.69, 9.17) is 0 Å². The topological polar surface area (TPSA) is 24.8 Å². The highest BCUT2D eigenvalue weighted by molar-refractivity contribution is 6.00. The van der Waals surface area contributed by atoms with Crippen molar-refractivity contribution in [2.75, 3.05) is 14.2 Å². The molecule has 0 unspecified atom stereocenters. The molecule has 0 aliphatic heterocycles. The van der Waals surface area contributed by atoms with Crippen molar-refractivity contribution in [2.24, 2.45) is 5.16 Å². The van der Waals surface area contributed by atoms with Crippen molar-refractivity contribution >= 4 is 5.84 Å². The predicted molar refractivity (Wildman–Crippen MR) is 51.7 cm³/mol. The van der Waals surface area contributed by atoms with Crippen LogP contribution in [0, 0.1) is 0 Å². The maximum Gasteiger partial charge on any atom is 0.203 e. The third-order valence-corrected chi connectivity index (χ3v) is 2.23. The lowest BCUT2D eigenvalue weighted by atomic mass is 10.2. The molecule has 0 N–H and O–H groups in total. The molecule has 0 spiro atoms. The van der Waals surface area contributed by atoms with Crippen molar-refractivity contribution in [3.05, 3.63) is 34.9 Å². The molecule has 0 aromatic heterocycles. The van der Waals surface area contributed by atoms with Gasteiger partial charge in [0, 0.05) is 12.6 Å². The predicted octanol–water partition coefficient (Wildman–Crippen LogP) is 1.72. The fraction of sp³-hybridized carbons (Fsp3) is 0.300. The molecule has 4 heteroatoms. The summed E-state index contributed by atoms with van der Waals surface area (Å²) in [5.74, 6) is 0.224. The molecule has 0 bridgehead atoms. The molecular formula is C10H11FN2O. The average Bonchev–Trinajstić information content (AvgIpc) is 2.92. The first-order valence-electron chi connectivity index (χ1n) is 4.36. The number of rotatable bonds is 2. The Morgan fingerprint density at radius 2 is 2.36 bits per heavy atom. The van der Waals surface area contributed by atoms with E-state index in [1.165, 1.54) is 19.7 Å². The first kappa shape index (κ1) is 8.99. The van der Waals surface area contributed by atoms with E-state index in [1.807, 2.05) is 18.2 Å². The van der Waals surface area contributed by atoms with Gasteiger partial charge in [-0.25, -0.2) is 0 Å². The number of hydrogen-bond acceptors (Lipinski definition) is 2.